The molecule has 0 bridgehead atoms. The second kappa shape index (κ2) is 8.86. The van der Waals surface area contributed by atoms with Gasteiger partial charge < -0.3 is 20.7 Å². The van der Waals surface area contributed by atoms with Gasteiger partial charge in [0.15, 0.2) is 11.5 Å². The van der Waals surface area contributed by atoms with E-state index in [1.54, 1.807) is 19.9 Å². The molecule has 0 radical (unpaired) electrons. The van der Waals surface area contributed by atoms with E-state index in [9.17, 15) is 4.39 Å². The van der Waals surface area contributed by atoms with Crippen LogP contribution in [0.2, 0.25) is 0 Å². The first-order chi connectivity index (χ1) is 13.5. The van der Waals surface area contributed by atoms with Crippen LogP contribution < -0.4 is 16.0 Å². The molecular formula is C18H23FN8O. The number of morpholine rings is 1. The molecule has 1 aliphatic rings. The van der Waals surface area contributed by atoms with Crippen LogP contribution in [0.25, 0.3) is 0 Å². The summed E-state index contributed by atoms with van der Waals surface area (Å²) in [5.41, 5.74) is 0.652. The molecule has 3 rings (SSSR count). The third kappa shape index (κ3) is 4.88. The molecule has 1 fully saturated rings. The Kier molecular flexibility index (Phi) is 6.28. The van der Waals surface area contributed by atoms with Gasteiger partial charge in [0.25, 0.3) is 0 Å². The molecule has 3 N–H and O–H groups in total. The maximum atomic E-state index is 13.6. The van der Waals surface area contributed by atoms with E-state index in [0.29, 0.717) is 36.2 Å². The van der Waals surface area contributed by atoms with E-state index >= 15 is 0 Å². The second-order valence-electron chi connectivity index (χ2n) is 7.11. The summed E-state index contributed by atoms with van der Waals surface area (Å²) in [7, 11) is 0. The Bertz CT molecular complexity index is 830. The summed E-state index contributed by atoms with van der Waals surface area (Å²) >= 11 is 0. The lowest BCUT2D eigenvalue weighted by Crippen LogP contribution is -2.42. The number of nitrogens with one attached hydrogen (secondary N) is 3. The minimum Gasteiger partial charge on any atom is -0.381 e. The van der Waals surface area contributed by atoms with E-state index in [2.05, 4.69) is 36.1 Å². The van der Waals surface area contributed by atoms with Crippen molar-refractivity contribution in [1.82, 2.24) is 25.5 Å². The van der Waals surface area contributed by atoms with Gasteiger partial charge in [-0.1, -0.05) is 13.8 Å². The normalized spacial score (nSPS) is 17.0. The Morgan fingerprint density at radius 2 is 2.18 bits per heavy atom. The number of hydrogen-bond acceptors (Lipinski definition) is 9. The van der Waals surface area contributed by atoms with Gasteiger partial charge in [-0.2, -0.15) is 10.4 Å². The van der Waals surface area contributed by atoms with Crippen molar-refractivity contribution in [2.75, 3.05) is 43.5 Å². The predicted octanol–water partition coefficient (Wildman–Crippen LogP) is 1.53. The number of hydrogen-bond donors (Lipinski definition) is 3. The Labute approximate surface area is 162 Å². The lowest BCUT2D eigenvalue weighted by atomic mass is 9.89. The van der Waals surface area contributed by atoms with Gasteiger partial charge in [0.1, 0.15) is 18.6 Å². The minimum absolute atomic E-state index is 0.0176. The van der Waals surface area contributed by atoms with Crippen LogP contribution >= 0.6 is 0 Å². The van der Waals surface area contributed by atoms with Crippen molar-refractivity contribution in [1.29, 1.82) is 5.26 Å². The van der Waals surface area contributed by atoms with Crippen molar-refractivity contribution in [3.8, 4) is 6.07 Å². The maximum Gasteiger partial charge on any atom is 0.158 e. The van der Waals surface area contributed by atoms with Gasteiger partial charge in [-0.05, 0) is 0 Å². The van der Waals surface area contributed by atoms with Crippen LogP contribution in [-0.4, -0.2) is 59.2 Å². The van der Waals surface area contributed by atoms with Crippen LogP contribution in [0.5, 0.6) is 0 Å². The van der Waals surface area contributed by atoms with Gasteiger partial charge in [-0.15, -0.1) is 5.10 Å². The van der Waals surface area contributed by atoms with Gasteiger partial charge in [0.2, 0.25) is 0 Å². The largest absolute Gasteiger partial charge is 0.381 e. The molecule has 3 heterocycles. The lowest BCUT2D eigenvalue weighted by Gasteiger charge is -2.27. The fourth-order valence-electron chi connectivity index (χ4n) is 2.71. The van der Waals surface area contributed by atoms with Gasteiger partial charge in [-0.3, -0.25) is 4.39 Å². The van der Waals surface area contributed by atoms with Gasteiger partial charge in [-0.25, -0.2) is 9.97 Å². The molecule has 0 aromatic carbocycles. The van der Waals surface area contributed by atoms with Crippen LogP contribution in [0.15, 0.2) is 18.5 Å². The summed E-state index contributed by atoms with van der Waals surface area (Å²) in [5.74, 6) is 0.860. The average molecular weight is 386 g/mol. The predicted molar refractivity (Wildman–Crippen MR) is 102 cm³/mol. The molecule has 1 aliphatic heterocycles. The molecule has 1 atom stereocenters. The zero-order valence-corrected chi connectivity index (χ0v) is 15.9. The lowest BCUT2D eigenvalue weighted by molar-refractivity contribution is 0.0372. The van der Waals surface area contributed by atoms with Crippen LogP contribution in [0, 0.1) is 11.3 Å². The molecule has 0 aliphatic carbocycles. The van der Waals surface area contributed by atoms with Crippen molar-refractivity contribution in [2.24, 2.45) is 0 Å². The SMILES string of the molecule is CC(C)(CF)c1nnc(Nc2cnc(C#N)cn2)cc1NCC1CNCCO1. The van der Waals surface area contributed by atoms with Crippen molar-refractivity contribution >= 4 is 17.3 Å². The Morgan fingerprint density at radius 3 is 2.82 bits per heavy atom. The van der Waals surface area contributed by atoms with Crippen molar-refractivity contribution in [3.05, 3.63) is 29.8 Å². The highest BCUT2D eigenvalue weighted by atomic mass is 19.1. The summed E-state index contributed by atoms with van der Waals surface area (Å²) in [4.78, 5) is 8.07. The number of nitrogens with zero attached hydrogens (tertiary/aromatic N) is 5. The van der Waals surface area contributed by atoms with E-state index < -0.39 is 12.1 Å². The summed E-state index contributed by atoms with van der Waals surface area (Å²) < 4.78 is 19.3. The zero-order chi connectivity index (χ0) is 20.0. The number of rotatable bonds is 7. The molecule has 148 valence electrons. The molecule has 2 aromatic rings. The number of aromatic nitrogens is 4. The summed E-state index contributed by atoms with van der Waals surface area (Å²) in [5, 5.41) is 26.8. The molecule has 0 spiro atoms. The Morgan fingerprint density at radius 1 is 1.32 bits per heavy atom. The molecule has 0 amide bonds. The fraction of sp³-hybridized carbons (Fsp3) is 0.500. The number of nitriles is 1. The molecule has 9 nitrogen and oxygen atoms in total. The highest BCUT2D eigenvalue weighted by Crippen LogP contribution is 2.30. The average Bonchev–Trinajstić information content (AvgIpc) is 2.73. The van der Waals surface area contributed by atoms with Crippen LogP contribution in [-0.2, 0) is 10.2 Å². The Hall–Kier alpha value is -2.90. The second-order valence-corrected chi connectivity index (χ2v) is 7.11. The highest BCUT2D eigenvalue weighted by molar-refractivity contribution is 5.60. The van der Waals surface area contributed by atoms with E-state index in [1.165, 1.54) is 12.4 Å². The Balaban J connectivity index is 1.80. The molecular weight excluding hydrogens is 363 g/mol. The first-order valence-electron chi connectivity index (χ1n) is 9.01. The van der Waals surface area contributed by atoms with Gasteiger partial charge in [0, 0.05) is 31.1 Å². The van der Waals surface area contributed by atoms with Crippen LogP contribution in [0.3, 0.4) is 0 Å². The first kappa shape index (κ1) is 19.9. The number of anilines is 3. The fourth-order valence-corrected chi connectivity index (χ4v) is 2.71. The smallest absolute Gasteiger partial charge is 0.158 e. The van der Waals surface area contributed by atoms with Gasteiger partial charge in [0.05, 0.1) is 36.5 Å². The molecule has 1 saturated heterocycles. The molecule has 1 unspecified atom stereocenters. The summed E-state index contributed by atoms with van der Waals surface area (Å²) in [6, 6.07) is 3.67. The van der Waals surface area contributed by atoms with E-state index in [0.717, 1.165) is 13.1 Å². The molecule has 28 heavy (non-hydrogen) atoms. The van der Waals surface area contributed by atoms with Crippen LogP contribution in [0.1, 0.15) is 25.2 Å². The van der Waals surface area contributed by atoms with E-state index in [1.807, 2.05) is 6.07 Å². The number of halogens is 1. The maximum absolute atomic E-state index is 13.6. The number of ether oxygens (including phenoxy) is 1. The zero-order valence-electron chi connectivity index (χ0n) is 15.9. The monoisotopic (exact) mass is 386 g/mol. The topological polar surface area (TPSA) is 121 Å². The van der Waals surface area contributed by atoms with Crippen molar-refractivity contribution < 1.29 is 9.13 Å². The first-order valence-corrected chi connectivity index (χ1v) is 9.01. The summed E-state index contributed by atoms with van der Waals surface area (Å²) in [6.45, 7) is 5.80. The molecule has 10 heteroatoms. The molecule has 0 saturated carbocycles. The van der Waals surface area contributed by atoms with E-state index in [4.69, 9.17) is 10.00 Å². The van der Waals surface area contributed by atoms with E-state index in [-0.39, 0.29) is 11.8 Å². The van der Waals surface area contributed by atoms with Crippen LogP contribution in [0.4, 0.5) is 21.7 Å². The standard InChI is InChI=1S/C18H23FN8O/c1-18(2,11-19)17-14(23-9-13-8-21-3-4-28-13)5-15(26-27-17)25-16-10-22-12(6-20)7-24-16/h5,7,10,13,21H,3-4,8-9,11H2,1-2H3,(H2,23,24,25,26). The van der Waals surface area contributed by atoms with Crippen molar-refractivity contribution in [3.63, 3.8) is 0 Å². The highest BCUT2D eigenvalue weighted by Gasteiger charge is 2.27. The van der Waals surface area contributed by atoms with Gasteiger partial charge >= 0.3 is 0 Å². The third-order valence-corrected chi connectivity index (χ3v) is 4.32. The third-order valence-electron chi connectivity index (χ3n) is 4.32. The quantitative estimate of drug-likeness (QED) is 0.650. The number of alkyl halides is 1. The minimum atomic E-state index is -0.784. The summed E-state index contributed by atoms with van der Waals surface area (Å²) in [6.07, 6.45) is 2.82. The van der Waals surface area contributed by atoms with Crippen molar-refractivity contribution in [2.45, 2.75) is 25.4 Å². The molecule has 2 aromatic heterocycles.